The molecule has 2 aliphatic heterocycles. The summed E-state index contributed by atoms with van der Waals surface area (Å²) in [7, 11) is 1.50. The molecule has 3 aromatic carbocycles. The predicted octanol–water partition coefficient (Wildman–Crippen LogP) is 3.84. The zero-order valence-electron chi connectivity index (χ0n) is 15.7. The van der Waals surface area contributed by atoms with Crippen LogP contribution in [0, 0.1) is 0 Å². The molecule has 0 fully saturated rings. The molecule has 2 heterocycles. The van der Waals surface area contributed by atoms with E-state index in [1.54, 1.807) is 12.1 Å². The van der Waals surface area contributed by atoms with E-state index >= 15 is 0 Å². The predicted molar refractivity (Wildman–Crippen MR) is 102 cm³/mol. The highest BCUT2D eigenvalue weighted by atomic mass is 16.7. The largest absolute Gasteiger partial charge is 0.493 e. The lowest BCUT2D eigenvalue weighted by molar-refractivity contribution is -0.132. The first kappa shape index (κ1) is 17.4. The summed E-state index contributed by atoms with van der Waals surface area (Å²) in [6, 6.07) is 10.8. The molecule has 0 spiro atoms. The van der Waals surface area contributed by atoms with Gasteiger partial charge < -0.3 is 23.7 Å². The third-order valence-corrected chi connectivity index (χ3v) is 5.02. The average molecular weight is 392 g/mol. The number of carbonyl (C=O) groups excluding carboxylic acids is 2. The maximum Gasteiger partial charge on any atom is 0.338 e. The fraction of sp³-hybridized carbons (Fsp3) is 0.182. The monoisotopic (exact) mass is 392 g/mol. The Morgan fingerprint density at radius 2 is 1.90 bits per heavy atom. The number of benzene rings is 3. The Kier molecular flexibility index (Phi) is 3.84. The van der Waals surface area contributed by atoms with Crippen LogP contribution in [0.1, 0.15) is 22.8 Å². The Morgan fingerprint density at radius 3 is 2.69 bits per heavy atom. The van der Waals surface area contributed by atoms with Crippen molar-refractivity contribution in [3.8, 4) is 34.1 Å². The lowest BCUT2D eigenvalue weighted by Gasteiger charge is -2.15. The average Bonchev–Trinajstić information content (AvgIpc) is 3.33. The summed E-state index contributed by atoms with van der Waals surface area (Å²) in [5, 5.41) is 1.64. The molecule has 0 saturated heterocycles. The first-order chi connectivity index (χ1) is 14.1. The van der Waals surface area contributed by atoms with Crippen LogP contribution in [0.2, 0.25) is 0 Å². The van der Waals surface area contributed by atoms with Crippen LogP contribution in [-0.4, -0.2) is 25.8 Å². The zero-order chi connectivity index (χ0) is 20.1. The van der Waals surface area contributed by atoms with Crippen molar-refractivity contribution in [3.05, 3.63) is 47.5 Å². The van der Waals surface area contributed by atoms with Gasteiger partial charge in [0.25, 0.3) is 0 Å². The number of esters is 2. The first-order valence-corrected chi connectivity index (χ1v) is 8.99. The molecule has 146 valence electrons. The van der Waals surface area contributed by atoms with E-state index in [2.05, 4.69) is 0 Å². The number of hydrogen-bond donors (Lipinski definition) is 0. The lowest BCUT2D eigenvalue weighted by atomic mass is 9.90. The van der Waals surface area contributed by atoms with Crippen LogP contribution in [0.3, 0.4) is 0 Å². The molecule has 0 amide bonds. The van der Waals surface area contributed by atoms with E-state index in [4.69, 9.17) is 23.7 Å². The molecule has 0 N–H and O–H groups in total. The first-order valence-electron chi connectivity index (χ1n) is 8.99. The SMILES string of the molecule is COc1ccc(-c2c3c(cc4ccc5c(c24)OCO5)C(=O)OC3)cc1OC(C)=O. The molecule has 29 heavy (non-hydrogen) atoms. The van der Waals surface area contributed by atoms with E-state index in [9.17, 15) is 9.59 Å². The summed E-state index contributed by atoms with van der Waals surface area (Å²) in [6.07, 6.45) is 0. The number of carbonyl (C=O) groups is 2. The van der Waals surface area contributed by atoms with Gasteiger partial charge in [-0.3, -0.25) is 4.79 Å². The van der Waals surface area contributed by atoms with E-state index in [0.29, 0.717) is 28.6 Å². The number of fused-ring (bicyclic) bond motifs is 4. The van der Waals surface area contributed by atoms with E-state index in [1.807, 2.05) is 24.3 Å². The topological polar surface area (TPSA) is 80.3 Å². The number of rotatable bonds is 3. The summed E-state index contributed by atoms with van der Waals surface area (Å²) in [5.74, 6) is 1.15. The van der Waals surface area contributed by atoms with Crippen LogP contribution in [0.15, 0.2) is 36.4 Å². The minimum Gasteiger partial charge on any atom is -0.493 e. The van der Waals surface area contributed by atoms with Gasteiger partial charge in [-0.15, -0.1) is 0 Å². The van der Waals surface area contributed by atoms with Gasteiger partial charge >= 0.3 is 11.9 Å². The van der Waals surface area contributed by atoms with Crippen LogP contribution in [0.4, 0.5) is 0 Å². The van der Waals surface area contributed by atoms with E-state index in [0.717, 1.165) is 27.5 Å². The van der Waals surface area contributed by atoms with Gasteiger partial charge in [-0.1, -0.05) is 12.1 Å². The summed E-state index contributed by atoms with van der Waals surface area (Å²) in [6.45, 7) is 1.60. The number of cyclic esters (lactones) is 1. The standard InChI is InChI=1S/C22H16O7/c1-11(23)29-18-8-13(3-5-16(18)25-2)19-15-9-26-22(24)14(15)7-12-4-6-17-21(20(12)19)28-10-27-17/h3-8H,9-10H2,1-2H3. The van der Waals surface area contributed by atoms with Crippen molar-refractivity contribution in [3.63, 3.8) is 0 Å². The molecule has 0 aliphatic carbocycles. The fourth-order valence-electron chi connectivity index (χ4n) is 3.83. The second-order valence-electron chi connectivity index (χ2n) is 6.71. The Morgan fingerprint density at radius 1 is 1.03 bits per heavy atom. The van der Waals surface area contributed by atoms with Crippen molar-refractivity contribution in [2.75, 3.05) is 13.9 Å². The number of methoxy groups -OCH3 is 1. The molecule has 0 saturated carbocycles. The third kappa shape index (κ3) is 2.66. The van der Waals surface area contributed by atoms with Crippen molar-refractivity contribution in [2.45, 2.75) is 13.5 Å². The van der Waals surface area contributed by atoms with Crippen LogP contribution < -0.4 is 18.9 Å². The molecule has 0 aromatic heterocycles. The molecular formula is C22H16O7. The Balaban J connectivity index is 1.84. The van der Waals surface area contributed by atoms with E-state index in [-0.39, 0.29) is 19.4 Å². The highest BCUT2D eigenvalue weighted by Gasteiger charge is 2.30. The van der Waals surface area contributed by atoms with Crippen molar-refractivity contribution in [2.24, 2.45) is 0 Å². The maximum absolute atomic E-state index is 12.3. The van der Waals surface area contributed by atoms with Gasteiger partial charge in [-0.25, -0.2) is 4.79 Å². The van der Waals surface area contributed by atoms with Gasteiger partial charge in [0, 0.05) is 23.4 Å². The molecule has 0 bridgehead atoms. The molecule has 7 heteroatoms. The third-order valence-electron chi connectivity index (χ3n) is 5.02. The summed E-state index contributed by atoms with van der Waals surface area (Å²) in [5.41, 5.74) is 2.79. The van der Waals surface area contributed by atoms with Gasteiger partial charge in [0.1, 0.15) is 6.61 Å². The van der Waals surface area contributed by atoms with Gasteiger partial charge in [-0.2, -0.15) is 0 Å². The number of hydrogen-bond acceptors (Lipinski definition) is 7. The van der Waals surface area contributed by atoms with Crippen molar-refractivity contribution < 1.29 is 33.3 Å². The molecular weight excluding hydrogens is 376 g/mol. The second-order valence-corrected chi connectivity index (χ2v) is 6.71. The summed E-state index contributed by atoms with van der Waals surface area (Å²) >= 11 is 0. The van der Waals surface area contributed by atoms with Crippen LogP contribution in [0.5, 0.6) is 23.0 Å². The quantitative estimate of drug-likeness (QED) is 0.495. The molecule has 0 radical (unpaired) electrons. The van der Waals surface area contributed by atoms with Crippen LogP contribution >= 0.6 is 0 Å². The Bertz CT molecular complexity index is 1200. The number of ether oxygens (including phenoxy) is 5. The minimum atomic E-state index is -0.459. The van der Waals surface area contributed by atoms with Crippen molar-refractivity contribution in [1.82, 2.24) is 0 Å². The van der Waals surface area contributed by atoms with Crippen LogP contribution in [-0.2, 0) is 16.1 Å². The smallest absolute Gasteiger partial charge is 0.338 e. The zero-order valence-corrected chi connectivity index (χ0v) is 15.7. The lowest BCUT2D eigenvalue weighted by Crippen LogP contribution is -2.03. The summed E-state index contributed by atoms with van der Waals surface area (Å²) in [4.78, 5) is 23.8. The van der Waals surface area contributed by atoms with Crippen molar-refractivity contribution >= 4 is 22.7 Å². The molecule has 3 aromatic rings. The maximum atomic E-state index is 12.3. The molecule has 0 unspecified atom stereocenters. The molecule has 7 nitrogen and oxygen atoms in total. The fourth-order valence-corrected chi connectivity index (χ4v) is 3.83. The van der Waals surface area contributed by atoms with Gasteiger partial charge in [0.05, 0.1) is 12.7 Å². The molecule has 5 rings (SSSR count). The van der Waals surface area contributed by atoms with Crippen molar-refractivity contribution in [1.29, 1.82) is 0 Å². The van der Waals surface area contributed by atoms with Gasteiger partial charge in [0.2, 0.25) is 6.79 Å². The molecule has 0 atom stereocenters. The molecule has 2 aliphatic rings. The highest BCUT2D eigenvalue weighted by Crippen LogP contribution is 2.48. The van der Waals surface area contributed by atoms with Crippen LogP contribution in [0.25, 0.3) is 21.9 Å². The summed E-state index contributed by atoms with van der Waals surface area (Å²) < 4.78 is 27.2. The Labute approximate surface area is 165 Å². The Hall–Kier alpha value is -3.74. The second kappa shape index (κ2) is 6.41. The van der Waals surface area contributed by atoms with E-state index in [1.165, 1.54) is 14.0 Å². The normalized spacial score (nSPS) is 13.9. The highest BCUT2D eigenvalue weighted by molar-refractivity contribution is 6.10. The van der Waals surface area contributed by atoms with E-state index < -0.39 is 5.97 Å². The van der Waals surface area contributed by atoms with Gasteiger partial charge in [-0.05, 0) is 35.2 Å². The minimum absolute atomic E-state index is 0.127. The van der Waals surface area contributed by atoms with Gasteiger partial charge in [0.15, 0.2) is 23.0 Å².